The van der Waals surface area contributed by atoms with Crippen molar-refractivity contribution in [1.29, 1.82) is 0 Å². The van der Waals surface area contributed by atoms with E-state index < -0.39 is 5.97 Å². The van der Waals surface area contributed by atoms with E-state index in [2.05, 4.69) is 16.7 Å². The first-order valence-electron chi connectivity index (χ1n) is 4.56. The topological polar surface area (TPSA) is 40.5 Å². The van der Waals surface area contributed by atoms with Gasteiger partial charge in [0.2, 0.25) is 0 Å². The minimum Gasteiger partial charge on any atom is -0.481 e. The lowest BCUT2D eigenvalue weighted by atomic mass is 9.96. The van der Waals surface area contributed by atoms with E-state index in [1.165, 1.54) is 0 Å². The van der Waals surface area contributed by atoms with Crippen LogP contribution < -0.4 is 0 Å². The fourth-order valence-corrected chi connectivity index (χ4v) is 1.57. The molecule has 0 aliphatic carbocycles. The summed E-state index contributed by atoms with van der Waals surface area (Å²) in [6.45, 7) is 4.68. The van der Waals surface area contributed by atoms with Gasteiger partial charge in [0.1, 0.15) is 0 Å². The van der Waals surface area contributed by atoms with Gasteiger partial charge in [-0.25, -0.2) is 0 Å². The molecule has 0 aromatic carbocycles. The third-order valence-corrected chi connectivity index (χ3v) is 2.23. The average molecular weight is 181 g/mol. The number of aliphatic carboxylic acids is 1. The summed E-state index contributed by atoms with van der Waals surface area (Å²) >= 11 is 0. The normalized spacial score (nSPS) is 17.3. The molecule has 0 bridgehead atoms. The highest BCUT2D eigenvalue weighted by Gasteiger charge is 2.27. The zero-order valence-corrected chi connectivity index (χ0v) is 7.92. The Morgan fingerprint density at radius 1 is 1.62 bits per heavy atom. The minimum absolute atomic E-state index is 0.315. The number of nitrogens with zero attached hydrogens (tertiary/aromatic N) is 1. The second-order valence-electron chi connectivity index (χ2n) is 3.40. The second-order valence-corrected chi connectivity index (χ2v) is 3.40. The van der Waals surface area contributed by atoms with Gasteiger partial charge in [0.15, 0.2) is 0 Å². The van der Waals surface area contributed by atoms with E-state index in [4.69, 9.17) is 5.11 Å². The van der Waals surface area contributed by atoms with Gasteiger partial charge in [0, 0.05) is 26.1 Å². The van der Waals surface area contributed by atoms with Crippen molar-refractivity contribution >= 4 is 5.97 Å². The van der Waals surface area contributed by atoms with Crippen LogP contribution in [0.4, 0.5) is 0 Å². The Hall–Kier alpha value is -1.01. The van der Waals surface area contributed by atoms with Crippen molar-refractivity contribution in [2.24, 2.45) is 5.92 Å². The molecule has 1 aliphatic heterocycles. The molecule has 0 amide bonds. The maximum atomic E-state index is 10.3. The first kappa shape index (κ1) is 10.1. The lowest BCUT2D eigenvalue weighted by molar-refractivity contribution is -0.139. The van der Waals surface area contributed by atoms with Crippen LogP contribution in [-0.2, 0) is 4.79 Å². The van der Waals surface area contributed by atoms with Crippen LogP contribution >= 0.6 is 0 Å². The van der Waals surface area contributed by atoms with Crippen LogP contribution in [-0.4, -0.2) is 35.6 Å². The Morgan fingerprint density at radius 3 is 2.85 bits per heavy atom. The largest absolute Gasteiger partial charge is 0.481 e. The maximum absolute atomic E-state index is 10.3. The predicted octanol–water partition coefficient (Wildman–Crippen LogP) is 0.806. The molecule has 1 rings (SSSR count). The van der Waals surface area contributed by atoms with E-state index in [0.717, 1.165) is 26.1 Å². The van der Waals surface area contributed by atoms with Gasteiger partial charge in [-0.15, -0.1) is 11.8 Å². The summed E-state index contributed by atoms with van der Waals surface area (Å²) in [5.41, 5.74) is 0. The van der Waals surface area contributed by atoms with E-state index in [9.17, 15) is 4.79 Å². The maximum Gasteiger partial charge on any atom is 0.303 e. The number of carboxylic acids is 1. The zero-order valence-electron chi connectivity index (χ0n) is 7.92. The first-order valence-corrected chi connectivity index (χ1v) is 4.56. The molecule has 1 N–H and O–H groups in total. The smallest absolute Gasteiger partial charge is 0.303 e. The highest BCUT2D eigenvalue weighted by Crippen LogP contribution is 2.18. The highest BCUT2D eigenvalue weighted by molar-refractivity contribution is 5.67. The van der Waals surface area contributed by atoms with E-state index in [0.29, 0.717) is 12.3 Å². The SMILES string of the molecule is CC#CCCN1CC(CC(=O)O)C1. The molecule has 0 aromatic heterocycles. The molecule has 0 spiro atoms. The van der Waals surface area contributed by atoms with Gasteiger partial charge in [-0.2, -0.15) is 0 Å². The Morgan fingerprint density at radius 2 is 2.31 bits per heavy atom. The Labute approximate surface area is 78.7 Å². The van der Waals surface area contributed by atoms with Crippen molar-refractivity contribution in [3.8, 4) is 11.8 Å². The van der Waals surface area contributed by atoms with Gasteiger partial charge in [-0.1, -0.05) is 0 Å². The van der Waals surface area contributed by atoms with Gasteiger partial charge >= 0.3 is 5.97 Å². The average Bonchev–Trinajstić information content (AvgIpc) is 1.99. The van der Waals surface area contributed by atoms with Gasteiger partial charge in [0.25, 0.3) is 0 Å². The van der Waals surface area contributed by atoms with E-state index >= 15 is 0 Å². The minimum atomic E-state index is -0.682. The molecule has 13 heavy (non-hydrogen) atoms. The summed E-state index contributed by atoms with van der Waals surface area (Å²) in [6.07, 6.45) is 1.21. The molecule has 0 unspecified atom stereocenters. The predicted molar refractivity (Wildman–Crippen MR) is 50.2 cm³/mol. The third-order valence-electron chi connectivity index (χ3n) is 2.23. The van der Waals surface area contributed by atoms with Crippen molar-refractivity contribution in [2.45, 2.75) is 19.8 Å². The summed E-state index contributed by atoms with van der Waals surface area (Å²) in [7, 11) is 0. The molecule has 1 saturated heterocycles. The highest BCUT2D eigenvalue weighted by atomic mass is 16.4. The molecule has 0 radical (unpaired) electrons. The third kappa shape index (κ3) is 3.47. The number of hydrogen-bond donors (Lipinski definition) is 1. The Balaban J connectivity index is 2.03. The monoisotopic (exact) mass is 181 g/mol. The summed E-state index contributed by atoms with van der Waals surface area (Å²) in [5, 5.41) is 8.51. The number of rotatable bonds is 4. The van der Waals surface area contributed by atoms with Crippen molar-refractivity contribution in [3.05, 3.63) is 0 Å². The molecular weight excluding hydrogens is 166 g/mol. The fourth-order valence-electron chi connectivity index (χ4n) is 1.57. The van der Waals surface area contributed by atoms with E-state index in [1.54, 1.807) is 0 Å². The zero-order chi connectivity index (χ0) is 9.68. The van der Waals surface area contributed by atoms with E-state index in [-0.39, 0.29) is 0 Å². The molecule has 0 saturated carbocycles. The summed E-state index contributed by atoms with van der Waals surface area (Å²) < 4.78 is 0. The summed E-state index contributed by atoms with van der Waals surface area (Å²) in [6, 6.07) is 0. The molecular formula is C10H15NO2. The molecule has 0 atom stereocenters. The standard InChI is InChI=1S/C10H15NO2/c1-2-3-4-5-11-7-9(8-11)6-10(12)13/h9H,4-8H2,1H3,(H,12,13). The van der Waals surface area contributed by atoms with Crippen LogP contribution in [0.25, 0.3) is 0 Å². The van der Waals surface area contributed by atoms with Gasteiger partial charge < -0.3 is 10.0 Å². The van der Waals surface area contributed by atoms with Crippen molar-refractivity contribution < 1.29 is 9.90 Å². The lowest BCUT2D eigenvalue weighted by Gasteiger charge is -2.38. The molecule has 1 heterocycles. The van der Waals surface area contributed by atoms with Crippen molar-refractivity contribution in [1.82, 2.24) is 4.90 Å². The number of hydrogen-bond acceptors (Lipinski definition) is 2. The number of carbonyl (C=O) groups is 1. The lowest BCUT2D eigenvalue weighted by Crippen LogP contribution is -2.47. The summed E-state index contributed by atoms with van der Waals surface area (Å²) in [4.78, 5) is 12.6. The fraction of sp³-hybridized carbons (Fsp3) is 0.700. The van der Waals surface area contributed by atoms with Crippen LogP contribution in [0, 0.1) is 17.8 Å². The van der Waals surface area contributed by atoms with Gasteiger partial charge in [0.05, 0.1) is 6.42 Å². The van der Waals surface area contributed by atoms with Crippen LogP contribution in [0.5, 0.6) is 0 Å². The van der Waals surface area contributed by atoms with Gasteiger partial charge in [-0.3, -0.25) is 4.79 Å². The Bertz CT molecular complexity index is 233. The van der Waals surface area contributed by atoms with Crippen molar-refractivity contribution in [2.75, 3.05) is 19.6 Å². The van der Waals surface area contributed by atoms with Crippen LogP contribution in [0.2, 0.25) is 0 Å². The molecule has 3 heteroatoms. The Kier molecular flexibility index (Phi) is 3.78. The van der Waals surface area contributed by atoms with Gasteiger partial charge in [-0.05, 0) is 12.8 Å². The molecule has 72 valence electrons. The summed E-state index contributed by atoms with van der Waals surface area (Å²) in [5.74, 6) is 5.52. The second kappa shape index (κ2) is 4.88. The van der Waals surface area contributed by atoms with Crippen molar-refractivity contribution in [3.63, 3.8) is 0 Å². The first-order chi connectivity index (χ1) is 6.22. The van der Waals surface area contributed by atoms with Crippen LogP contribution in [0.3, 0.4) is 0 Å². The molecule has 0 aromatic rings. The quantitative estimate of drug-likeness (QED) is 0.652. The molecule has 1 fully saturated rings. The molecule has 3 nitrogen and oxygen atoms in total. The number of carboxylic acid groups (broad SMARTS) is 1. The van der Waals surface area contributed by atoms with Crippen LogP contribution in [0.15, 0.2) is 0 Å². The van der Waals surface area contributed by atoms with E-state index in [1.807, 2.05) is 6.92 Å². The van der Waals surface area contributed by atoms with Crippen LogP contribution in [0.1, 0.15) is 19.8 Å². The number of likely N-dealkylation sites (tertiary alicyclic amines) is 1. The molecule has 1 aliphatic rings.